The highest BCUT2D eigenvalue weighted by molar-refractivity contribution is 5.81. The van der Waals surface area contributed by atoms with Crippen molar-refractivity contribution in [2.24, 2.45) is 11.7 Å². The molecule has 0 heterocycles. The average Bonchev–Trinajstić information content (AvgIpc) is 2.05. The molecule has 1 atom stereocenters. The average molecular weight is 183 g/mol. The second-order valence-electron chi connectivity index (χ2n) is 2.60. The maximum absolute atomic E-state index is 11.1. The third-order valence-electron chi connectivity index (χ3n) is 1.55. The Labute approximate surface area is 76.9 Å². The molecule has 0 aromatic rings. The van der Waals surface area contributed by atoms with Gasteiger partial charge in [0.1, 0.15) is 5.92 Å². The third kappa shape index (κ3) is 4.80. The van der Waals surface area contributed by atoms with Crippen LogP contribution >= 0.6 is 0 Å². The van der Waals surface area contributed by atoms with Crippen LogP contribution in [0.25, 0.3) is 0 Å². The maximum atomic E-state index is 11.1. The van der Waals surface area contributed by atoms with Crippen LogP contribution in [0.3, 0.4) is 0 Å². The van der Waals surface area contributed by atoms with Gasteiger partial charge in [-0.15, -0.1) is 0 Å². The summed E-state index contributed by atoms with van der Waals surface area (Å²) in [6.45, 7) is 1.95. The number of amides is 2. The molecule has 0 aliphatic carbocycles. The van der Waals surface area contributed by atoms with Crippen LogP contribution in [-0.4, -0.2) is 18.4 Å². The first-order valence-electron chi connectivity index (χ1n) is 4.07. The van der Waals surface area contributed by atoms with Gasteiger partial charge < -0.3 is 11.1 Å². The number of carbonyl (C=O) groups is 2. The van der Waals surface area contributed by atoms with Gasteiger partial charge in [-0.05, 0) is 6.42 Å². The number of primary amides is 1. The predicted octanol–water partition coefficient (Wildman–Crippen LogP) is -0.472. The summed E-state index contributed by atoms with van der Waals surface area (Å²) < 4.78 is 0. The maximum Gasteiger partial charge on any atom is 0.237 e. The SMILES string of the molecule is CCC(C#N)C(=O)NCCC(N)=O. The molecule has 0 aromatic heterocycles. The van der Waals surface area contributed by atoms with Gasteiger partial charge in [0.25, 0.3) is 0 Å². The molecular formula is C8H13N3O2. The molecule has 5 heteroatoms. The summed E-state index contributed by atoms with van der Waals surface area (Å²) >= 11 is 0. The van der Waals surface area contributed by atoms with E-state index in [1.807, 2.05) is 6.07 Å². The monoisotopic (exact) mass is 183 g/mol. The normalized spacial score (nSPS) is 11.4. The van der Waals surface area contributed by atoms with E-state index in [1.54, 1.807) is 6.92 Å². The van der Waals surface area contributed by atoms with Gasteiger partial charge in [-0.2, -0.15) is 5.26 Å². The number of hydrogen-bond acceptors (Lipinski definition) is 3. The number of nitriles is 1. The minimum atomic E-state index is -0.632. The summed E-state index contributed by atoms with van der Waals surface area (Å²) in [4.78, 5) is 21.4. The van der Waals surface area contributed by atoms with Crippen LogP contribution in [0, 0.1) is 17.2 Å². The van der Waals surface area contributed by atoms with Gasteiger partial charge in [-0.3, -0.25) is 9.59 Å². The Morgan fingerprint density at radius 2 is 2.23 bits per heavy atom. The van der Waals surface area contributed by atoms with Gasteiger partial charge in [0.2, 0.25) is 11.8 Å². The number of carbonyl (C=O) groups excluding carboxylic acids is 2. The van der Waals surface area contributed by atoms with Crippen LogP contribution in [0.5, 0.6) is 0 Å². The van der Waals surface area contributed by atoms with E-state index in [-0.39, 0.29) is 18.9 Å². The quantitative estimate of drug-likeness (QED) is 0.603. The zero-order chi connectivity index (χ0) is 10.3. The van der Waals surface area contributed by atoms with E-state index in [9.17, 15) is 9.59 Å². The minimum Gasteiger partial charge on any atom is -0.370 e. The van der Waals surface area contributed by atoms with Crippen molar-refractivity contribution in [3.8, 4) is 6.07 Å². The number of hydrogen-bond donors (Lipinski definition) is 2. The lowest BCUT2D eigenvalue weighted by Gasteiger charge is -2.06. The summed E-state index contributed by atoms with van der Waals surface area (Å²) in [5.74, 6) is -1.44. The number of nitrogens with two attached hydrogens (primary N) is 1. The predicted molar refractivity (Wildman–Crippen MR) is 46.2 cm³/mol. The van der Waals surface area contributed by atoms with Crippen molar-refractivity contribution in [2.45, 2.75) is 19.8 Å². The Morgan fingerprint density at radius 3 is 2.62 bits per heavy atom. The van der Waals surface area contributed by atoms with Crippen molar-refractivity contribution in [2.75, 3.05) is 6.54 Å². The third-order valence-corrected chi connectivity index (χ3v) is 1.55. The molecule has 0 fully saturated rings. The molecule has 5 nitrogen and oxygen atoms in total. The Kier molecular flexibility index (Phi) is 5.28. The lowest BCUT2D eigenvalue weighted by atomic mass is 10.1. The zero-order valence-corrected chi connectivity index (χ0v) is 7.54. The van der Waals surface area contributed by atoms with Crippen molar-refractivity contribution in [1.29, 1.82) is 5.26 Å². The van der Waals surface area contributed by atoms with Crippen molar-refractivity contribution in [3.05, 3.63) is 0 Å². The fourth-order valence-corrected chi connectivity index (χ4v) is 0.767. The first-order chi connectivity index (χ1) is 6.11. The van der Waals surface area contributed by atoms with Gasteiger partial charge in [0, 0.05) is 13.0 Å². The fraction of sp³-hybridized carbons (Fsp3) is 0.625. The molecule has 13 heavy (non-hydrogen) atoms. The van der Waals surface area contributed by atoms with Crippen LogP contribution in [0.15, 0.2) is 0 Å². The first kappa shape index (κ1) is 11.4. The highest BCUT2D eigenvalue weighted by atomic mass is 16.2. The minimum absolute atomic E-state index is 0.105. The van der Waals surface area contributed by atoms with Crippen LogP contribution in [0.2, 0.25) is 0 Å². The summed E-state index contributed by atoms with van der Waals surface area (Å²) in [5.41, 5.74) is 4.86. The van der Waals surface area contributed by atoms with Gasteiger partial charge >= 0.3 is 0 Å². The van der Waals surface area contributed by atoms with Crippen LogP contribution in [-0.2, 0) is 9.59 Å². The van der Waals surface area contributed by atoms with Crippen LogP contribution in [0.4, 0.5) is 0 Å². The van der Waals surface area contributed by atoms with E-state index < -0.39 is 11.8 Å². The van der Waals surface area contributed by atoms with Gasteiger partial charge in [-0.1, -0.05) is 6.92 Å². The molecule has 0 radical (unpaired) electrons. The summed E-state index contributed by atoms with van der Waals surface area (Å²) in [7, 11) is 0. The molecule has 0 rings (SSSR count). The summed E-state index contributed by atoms with van der Waals surface area (Å²) in [5, 5.41) is 11.0. The van der Waals surface area contributed by atoms with E-state index in [0.717, 1.165) is 0 Å². The Morgan fingerprint density at radius 1 is 1.62 bits per heavy atom. The smallest absolute Gasteiger partial charge is 0.237 e. The Bertz CT molecular complexity index is 232. The van der Waals surface area contributed by atoms with Gasteiger partial charge in [-0.25, -0.2) is 0 Å². The van der Waals surface area contributed by atoms with E-state index in [1.165, 1.54) is 0 Å². The molecule has 0 aliphatic rings. The van der Waals surface area contributed by atoms with E-state index in [2.05, 4.69) is 5.32 Å². The van der Waals surface area contributed by atoms with Gasteiger partial charge in [0.15, 0.2) is 0 Å². The molecule has 0 bridgehead atoms. The van der Waals surface area contributed by atoms with Crippen LogP contribution < -0.4 is 11.1 Å². The molecule has 0 aromatic carbocycles. The largest absolute Gasteiger partial charge is 0.370 e. The van der Waals surface area contributed by atoms with E-state index in [0.29, 0.717) is 6.42 Å². The van der Waals surface area contributed by atoms with E-state index >= 15 is 0 Å². The second kappa shape index (κ2) is 6.00. The molecule has 3 N–H and O–H groups in total. The molecule has 0 saturated carbocycles. The number of rotatable bonds is 5. The molecule has 72 valence electrons. The second-order valence-corrected chi connectivity index (χ2v) is 2.60. The molecular weight excluding hydrogens is 170 g/mol. The lowest BCUT2D eigenvalue weighted by Crippen LogP contribution is -2.32. The van der Waals surface area contributed by atoms with Crippen molar-refractivity contribution >= 4 is 11.8 Å². The van der Waals surface area contributed by atoms with Crippen LogP contribution in [0.1, 0.15) is 19.8 Å². The van der Waals surface area contributed by atoms with Gasteiger partial charge in [0.05, 0.1) is 6.07 Å². The highest BCUT2D eigenvalue weighted by Gasteiger charge is 2.14. The molecule has 0 spiro atoms. The Hall–Kier alpha value is -1.57. The standard InChI is InChI=1S/C8H13N3O2/c1-2-6(5-9)8(13)11-4-3-7(10)12/h6H,2-4H2,1H3,(H2,10,12)(H,11,13). The zero-order valence-electron chi connectivity index (χ0n) is 7.54. The topological polar surface area (TPSA) is 96.0 Å². The Balaban J connectivity index is 3.75. The number of nitrogens with zero attached hydrogens (tertiary/aromatic N) is 1. The summed E-state index contributed by atoms with van der Waals surface area (Å²) in [6, 6.07) is 1.86. The van der Waals surface area contributed by atoms with Crippen molar-refractivity contribution < 1.29 is 9.59 Å². The number of nitrogens with one attached hydrogen (secondary N) is 1. The molecule has 0 aliphatic heterocycles. The highest BCUT2D eigenvalue weighted by Crippen LogP contribution is 1.99. The molecule has 0 saturated heterocycles. The van der Waals surface area contributed by atoms with Crippen molar-refractivity contribution in [3.63, 3.8) is 0 Å². The lowest BCUT2D eigenvalue weighted by molar-refractivity contribution is -0.123. The van der Waals surface area contributed by atoms with E-state index in [4.69, 9.17) is 11.0 Å². The first-order valence-corrected chi connectivity index (χ1v) is 4.07. The summed E-state index contributed by atoms with van der Waals surface area (Å²) in [6.07, 6.45) is 0.576. The molecule has 2 amide bonds. The molecule has 1 unspecified atom stereocenters. The van der Waals surface area contributed by atoms with Crippen molar-refractivity contribution in [1.82, 2.24) is 5.32 Å². The fourth-order valence-electron chi connectivity index (χ4n) is 0.767.